The number of hydrogen-bond acceptors (Lipinski definition) is 7. The maximum absolute atomic E-state index is 13.2. The topological polar surface area (TPSA) is 80.3 Å². The Bertz CT molecular complexity index is 1020. The zero-order valence-corrected chi connectivity index (χ0v) is 19.0. The Balaban J connectivity index is 2.12. The van der Waals surface area contributed by atoms with E-state index in [2.05, 4.69) is 0 Å². The van der Waals surface area contributed by atoms with E-state index in [1.807, 2.05) is 24.3 Å². The van der Waals surface area contributed by atoms with Crippen molar-refractivity contribution in [1.82, 2.24) is 0 Å². The molecule has 1 aliphatic rings. The van der Waals surface area contributed by atoms with Crippen LogP contribution in [0.25, 0.3) is 5.57 Å². The molecule has 3 rings (SSSR count). The average molecular weight is 440 g/mol. The largest absolute Gasteiger partial charge is 0.493 e. The summed E-state index contributed by atoms with van der Waals surface area (Å²) in [6, 6.07) is 10.9. The normalized spacial score (nSPS) is 17.9. The standard InChI is InChI=1S/C25H28O7/c1-6-32-25(27)23-18(17-8-7-9-21(29-3)24(17)31-5)12-16(13-19(23)26)15-10-11-20(28-2)22(14-15)30-4/h7-11,13-14,18,23H,6,12H2,1-5H3. The van der Waals surface area contributed by atoms with Gasteiger partial charge >= 0.3 is 5.97 Å². The number of allylic oxidation sites excluding steroid dienone is 2. The lowest BCUT2D eigenvalue weighted by Gasteiger charge is -2.31. The molecule has 0 amide bonds. The summed E-state index contributed by atoms with van der Waals surface area (Å²) in [5.41, 5.74) is 2.31. The second-order valence-electron chi connectivity index (χ2n) is 7.26. The number of ether oxygens (including phenoxy) is 5. The van der Waals surface area contributed by atoms with Crippen LogP contribution in [0.4, 0.5) is 0 Å². The second-order valence-corrected chi connectivity index (χ2v) is 7.26. The van der Waals surface area contributed by atoms with Gasteiger partial charge in [0.2, 0.25) is 0 Å². The van der Waals surface area contributed by atoms with Gasteiger partial charge in [-0.2, -0.15) is 0 Å². The van der Waals surface area contributed by atoms with Crippen LogP contribution in [0.3, 0.4) is 0 Å². The fourth-order valence-electron chi connectivity index (χ4n) is 4.12. The van der Waals surface area contributed by atoms with Gasteiger partial charge in [0.05, 0.1) is 35.0 Å². The van der Waals surface area contributed by atoms with E-state index in [-0.39, 0.29) is 12.4 Å². The van der Waals surface area contributed by atoms with Crippen LogP contribution in [0.2, 0.25) is 0 Å². The van der Waals surface area contributed by atoms with E-state index >= 15 is 0 Å². The van der Waals surface area contributed by atoms with Gasteiger partial charge in [0.25, 0.3) is 0 Å². The number of rotatable bonds is 8. The first-order valence-electron chi connectivity index (χ1n) is 10.3. The fourth-order valence-corrected chi connectivity index (χ4v) is 4.12. The third-order valence-corrected chi connectivity index (χ3v) is 5.59. The molecule has 32 heavy (non-hydrogen) atoms. The fraction of sp³-hybridized carbons (Fsp3) is 0.360. The minimum atomic E-state index is -0.972. The molecule has 0 spiro atoms. The molecule has 0 bridgehead atoms. The van der Waals surface area contributed by atoms with E-state index < -0.39 is 17.8 Å². The van der Waals surface area contributed by atoms with Gasteiger partial charge in [-0.3, -0.25) is 9.59 Å². The number of carbonyl (C=O) groups is 2. The van der Waals surface area contributed by atoms with Crippen LogP contribution in [-0.4, -0.2) is 46.8 Å². The van der Waals surface area contributed by atoms with Crippen molar-refractivity contribution in [3.8, 4) is 23.0 Å². The molecule has 0 aromatic heterocycles. The van der Waals surface area contributed by atoms with Crippen molar-refractivity contribution in [2.24, 2.45) is 5.92 Å². The van der Waals surface area contributed by atoms with E-state index in [1.54, 1.807) is 40.4 Å². The molecule has 2 unspecified atom stereocenters. The minimum absolute atomic E-state index is 0.191. The Morgan fingerprint density at radius 3 is 2.28 bits per heavy atom. The highest BCUT2D eigenvalue weighted by molar-refractivity contribution is 6.10. The molecule has 2 atom stereocenters. The van der Waals surface area contributed by atoms with Gasteiger partial charge in [-0.15, -0.1) is 0 Å². The number of carbonyl (C=O) groups excluding carboxylic acids is 2. The maximum Gasteiger partial charge on any atom is 0.317 e. The zero-order chi connectivity index (χ0) is 23.3. The highest BCUT2D eigenvalue weighted by Crippen LogP contribution is 2.46. The van der Waals surface area contributed by atoms with Crippen molar-refractivity contribution in [3.05, 3.63) is 53.6 Å². The van der Waals surface area contributed by atoms with Crippen molar-refractivity contribution < 1.29 is 33.3 Å². The molecule has 0 heterocycles. The van der Waals surface area contributed by atoms with E-state index in [1.165, 1.54) is 13.2 Å². The molecular weight excluding hydrogens is 412 g/mol. The van der Waals surface area contributed by atoms with Crippen LogP contribution >= 0.6 is 0 Å². The monoisotopic (exact) mass is 440 g/mol. The smallest absolute Gasteiger partial charge is 0.317 e. The van der Waals surface area contributed by atoms with Crippen molar-refractivity contribution in [1.29, 1.82) is 0 Å². The Hall–Kier alpha value is -3.48. The summed E-state index contributed by atoms with van der Waals surface area (Å²) in [6.45, 7) is 1.91. The molecule has 1 aliphatic carbocycles. The predicted molar refractivity (Wildman–Crippen MR) is 120 cm³/mol. The Kier molecular flexibility index (Phi) is 7.41. The summed E-state index contributed by atoms with van der Waals surface area (Å²) in [4.78, 5) is 26.0. The van der Waals surface area contributed by atoms with E-state index in [4.69, 9.17) is 23.7 Å². The van der Waals surface area contributed by atoms with Crippen molar-refractivity contribution in [2.75, 3.05) is 35.0 Å². The molecule has 0 radical (unpaired) electrons. The van der Waals surface area contributed by atoms with Crippen LogP contribution in [0.1, 0.15) is 30.4 Å². The van der Waals surface area contributed by atoms with Gasteiger partial charge in [-0.05, 0) is 48.8 Å². The Morgan fingerprint density at radius 2 is 1.66 bits per heavy atom. The van der Waals surface area contributed by atoms with Crippen LogP contribution in [0.15, 0.2) is 42.5 Å². The third-order valence-electron chi connectivity index (χ3n) is 5.59. The quantitative estimate of drug-likeness (QED) is 0.453. The zero-order valence-electron chi connectivity index (χ0n) is 19.0. The van der Waals surface area contributed by atoms with Gasteiger partial charge in [-0.25, -0.2) is 0 Å². The maximum atomic E-state index is 13.2. The highest BCUT2D eigenvalue weighted by atomic mass is 16.5. The Morgan fingerprint density at radius 1 is 0.938 bits per heavy atom. The summed E-state index contributed by atoms with van der Waals surface area (Å²) >= 11 is 0. The highest BCUT2D eigenvalue weighted by Gasteiger charge is 2.41. The number of ketones is 1. The summed E-state index contributed by atoms with van der Waals surface area (Å²) in [7, 11) is 6.21. The minimum Gasteiger partial charge on any atom is -0.493 e. The molecule has 170 valence electrons. The molecular formula is C25H28O7. The van der Waals surface area contributed by atoms with Gasteiger partial charge in [-0.1, -0.05) is 18.2 Å². The van der Waals surface area contributed by atoms with Crippen molar-refractivity contribution in [2.45, 2.75) is 19.3 Å². The first-order chi connectivity index (χ1) is 15.5. The van der Waals surface area contributed by atoms with Gasteiger partial charge in [0.1, 0.15) is 5.92 Å². The molecule has 0 aliphatic heterocycles. The first kappa shape index (κ1) is 23.2. The van der Waals surface area contributed by atoms with Crippen molar-refractivity contribution in [3.63, 3.8) is 0 Å². The second kappa shape index (κ2) is 10.2. The predicted octanol–water partition coefficient (Wildman–Crippen LogP) is 4.04. The van der Waals surface area contributed by atoms with Crippen LogP contribution in [0, 0.1) is 5.92 Å². The molecule has 2 aromatic rings. The van der Waals surface area contributed by atoms with E-state index in [0.717, 1.165) is 11.1 Å². The molecule has 0 N–H and O–H groups in total. The molecule has 7 nitrogen and oxygen atoms in total. The molecule has 0 fully saturated rings. The van der Waals surface area contributed by atoms with Crippen LogP contribution in [-0.2, 0) is 14.3 Å². The first-order valence-corrected chi connectivity index (χ1v) is 10.3. The van der Waals surface area contributed by atoms with Crippen LogP contribution < -0.4 is 18.9 Å². The van der Waals surface area contributed by atoms with Crippen molar-refractivity contribution >= 4 is 17.3 Å². The lowest BCUT2D eigenvalue weighted by molar-refractivity contribution is -0.151. The lowest BCUT2D eigenvalue weighted by Crippen LogP contribution is -2.34. The van der Waals surface area contributed by atoms with E-state index in [0.29, 0.717) is 35.0 Å². The summed E-state index contributed by atoms with van der Waals surface area (Å²) in [6.07, 6.45) is 1.94. The average Bonchev–Trinajstić information content (AvgIpc) is 2.82. The number of methoxy groups -OCH3 is 4. The third kappa shape index (κ3) is 4.42. The molecule has 0 saturated heterocycles. The Labute approximate surface area is 187 Å². The number of hydrogen-bond donors (Lipinski definition) is 0. The number of esters is 1. The summed E-state index contributed by atoms with van der Waals surface area (Å²) in [5.74, 6) is -0.141. The van der Waals surface area contributed by atoms with E-state index in [9.17, 15) is 9.59 Å². The summed E-state index contributed by atoms with van der Waals surface area (Å²) < 4.78 is 27.0. The number of para-hydroxylation sites is 1. The lowest BCUT2D eigenvalue weighted by atomic mass is 9.73. The summed E-state index contributed by atoms with van der Waals surface area (Å²) in [5, 5.41) is 0. The van der Waals surface area contributed by atoms with Gasteiger partial charge < -0.3 is 23.7 Å². The van der Waals surface area contributed by atoms with Crippen LogP contribution in [0.5, 0.6) is 23.0 Å². The van der Waals surface area contributed by atoms with Gasteiger partial charge in [0, 0.05) is 11.5 Å². The molecule has 0 saturated carbocycles. The molecule has 7 heteroatoms. The molecule has 2 aromatic carbocycles. The SMILES string of the molecule is CCOC(=O)C1C(=O)C=C(c2ccc(OC)c(OC)c2)CC1c1cccc(OC)c1OC. The number of benzene rings is 2. The van der Waals surface area contributed by atoms with Gasteiger partial charge in [0.15, 0.2) is 28.8 Å².